The number of fused-ring (bicyclic) bond motifs is 3. The zero-order valence-corrected chi connectivity index (χ0v) is 7.93. The van der Waals surface area contributed by atoms with Gasteiger partial charge in [0.25, 0.3) is 5.56 Å². The second kappa shape index (κ2) is 2.63. The average molecular weight is 201 g/mol. The molecule has 0 aliphatic rings. The van der Waals surface area contributed by atoms with Gasteiger partial charge in [-0.05, 0) is 6.92 Å². The molecule has 0 saturated heterocycles. The molecule has 3 aromatic heterocycles. The first-order valence-corrected chi connectivity index (χ1v) is 4.43. The molecule has 0 fully saturated rings. The Morgan fingerprint density at radius 2 is 2.33 bits per heavy atom. The van der Waals surface area contributed by atoms with Crippen LogP contribution in [0.25, 0.3) is 16.6 Å². The van der Waals surface area contributed by atoms with Crippen LogP contribution in [0.15, 0.2) is 23.5 Å². The van der Waals surface area contributed by atoms with Gasteiger partial charge in [-0.2, -0.15) is 0 Å². The Balaban J connectivity index is 2.69. The highest BCUT2D eigenvalue weighted by Crippen LogP contribution is 2.10. The molecule has 6 nitrogen and oxygen atoms in total. The second-order valence-corrected chi connectivity index (χ2v) is 3.30. The number of aromatic nitrogens is 5. The van der Waals surface area contributed by atoms with Crippen LogP contribution in [0.1, 0.15) is 5.69 Å². The minimum Gasteiger partial charge on any atom is -0.267 e. The number of imidazole rings is 1. The number of rotatable bonds is 0. The SMILES string of the molecule is Cc1cn2[nH]c(=O)c3cncnc3c2n1. The van der Waals surface area contributed by atoms with E-state index in [9.17, 15) is 4.79 Å². The van der Waals surface area contributed by atoms with Crippen LogP contribution in [0.5, 0.6) is 0 Å². The van der Waals surface area contributed by atoms with E-state index in [4.69, 9.17) is 0 Å². The van der Waals surface area contributed by atoms with Crippen LogP contribution in [0.2, 0.25) is 0 Å². The van der Waals surface area contributed by atoms with E-state index >= 15 is 0 Å². The van der Waals surface area contributed by atoms with Crippen molar-refractivity contribution in [2.75, 3.05) is 0 Å². The molecule has 3 rings (SSSR count). The van der Waals surface area contributed by atoms with Crippen LogP contribution in [-0.4, -0.2) is 24.6 Å². The van der Waals surface area contributed by atoms with E-state index in [0.717, 1.165) is 5.69 Å². The largest absolute Gasteiger partial charge is 0.274 e. The highest BCUT2D eigenvalue weighted by molar-refractivity contribution is 5.88. The van der Waals surface area contributed by atoms with Gasteiger partial charge < -0.3 is 0 Å². The van der Waals surface area contributed by atoms with Gasteiger partial charge in [-0.3, -0.25) is 9.89 Å². The molecule has 0 saturated carbocycles. The summed E-state index contributed by atoms with van der Waals surface area (Å²) < 4.78 is 1.58. The highest BCUT2D eigenvalue weighted by atomic mass is 16.1. The van der Waals surface area contributed by atoms with Crippen molar-refractivity contribution in [3.63, 3.8) is 0 Å². The average Bonchev–Trinajstić information content (AvgIpc) is 2.59. The van der Waals surface area contributed by atoms with Crippen LogP contribution in [0, 0.1) is 6.92 Å². The van der Waals surface area contributed by atoms with E-state index in [1.54, 1.807) is 10.7 Å². The lowest BCUT2D eigenvalue weighted by molar-refractivity contribution is 0.913. The molecule has 0 aliphatic carbocycles. The third-order valence-electron chi connectivity index (χ3n) is 2.22. The number of aromatic amines is 1. The molecule has 15 heavy (non-hydrogen) atoms. The molecule has 74 valence electrons. The maximum atomic E-state index is 11.6. The zero-order valence-electron chi connectivity index (χ0n) is 7.93. The molecule has 0 spiro atoms. The van der Waals surface area contributed by atoms with Gasteiger partial charge in [-0.15, -0.1) is 0 Å². The van der Waals surface area contributed by atoms with Crippen LogP contribution in [0.4, 0.5) is 0 Å². The Labute approximate surface area is 83.6 Å². The second-order valence-electron chi connectivity index (χ2n) is 3.30. The van der Waals surface area contributed by atoms with Gasteiger partial charge in [0, 0.05) is 6.20 Å². The van der Waals surface area contributed by atoms with Crippen molar-refractivity contribution < 1.29 is 0 Å². The van der Waals surface area contributed by atoms with Gasteiger partial charge in [0.15, 0.2) is 5.65 Å². The highest BCUT2D eigenvalue weighted by Gasteiger charge is 2.07. The summed E-state index contributed by atoms with van der Waals surface area (Å²) in [5, 5.41) is 3.13. The quantitative estimate of drug-likeness (QED) is 0.566. The minimum atomic E-state index is -0.212. The Morgan fingerprint density at radius 3 is 3.20 bits per heavy atom. The van der Waals surface area contributed by atoms with Gasteiger partial charge in [0.2, 0.25) is 0 Å². The predicted octanol–water partition coefficient (Wildman–Crippen LogP) is 0.274. The van der Waals surface area contributed by atoms with E-state index < -0.39 is 0 Å². The third-order valence-corrected chi connectivity index (χ3v) is 2.22. The summed E-state index contributed by atoms with van der Waals surface area (Å²) in [6, 6.07) is 0. The van der Waals surface area contributed by atoms with Gasteiger partial charge >= 0.3 is 0 Å². The number of hydrogen-bond acceptors (Lipinski definition) is 4. The molecule has 0 aromatic carbocycles. The minimum absolute atomic E-state index is 0.212. The molecule has 0 amide bonds. The number of nitrogens with one attached hydrogen (secondary N) is 1. The van der Waals surface area contributed by atoms with Crippen molar-refractivity contribution in [2.45, 2.75) is 6.92 Å². The Morgan fingerprint density at radius 1 is 1.47 bits per heavy atom. The first-order valence-electron chi connectivity index (χ1n) is 4.43. The van der Waals surface area contributed by atoms with Crippen molar-refractivity contribution in [1.29, 1.82) is 0 Å². The number of aryl methyl sites for hydroxylation is 1. The van der Waals surface area contributed by atoms with Crippen LogP contribution < -0.4 is 5.56 Å². The van der Waals surface area contributed by atoms with E-state index in [1.807, 2.05) is 6.92 Å². The lowest BCUT2D eigenvalue weighted by Gasteiger charge is -1.97. The third kappa shape index (κ3) is 1.04. The van der Waals surface area contributed by atoms with E-state index in [1.165, 1.54) is 12.5 Å². The summed E-state index contributed by atoms with van der Waals surface area (Å²) >= 11 is 0. The van der Waals surface area contributed by atoms with Crippen molar-refractivity contribution in [3.8, 4) is 0 Å². The maximum absolute atomic E-state index is 11.6. The van der Waals surface area contributed by atoms with Gasteiger partial charge in [-0.1, -0.05) is 0 Å². The summed E-state index contributed by atoms with van der Waals surface area (Å²) in [5.41, 5.74) is 1.83. The van der Waals surface area contributed by atoms with E-state index in [-0.39, 0.29) is 5.56 Å². The molecule has 3 heterocycles. The molecular weight excluding hydrogens is 194 g/mol. The van der Waals surface area contributed by atoms with Gasteiger partial charge in [0.1, 0.15) is 11.8 Å². The normalized spacial score (nSPS) is 11.3. The summed E-state index contributed by atoms with van der Waals surface area (Å²) in [6.07, 6.45) is 4.65. The molecule has 0 bridgehead atoms. The predicted molar refractivity (Wildman–Crippen MR) is 53.6 cm³/mol. The zero-order chi connectivity index (χ0) is 10.4. The number of nitrogens with zero attached hydrogens (tertiary/aromatic N) is 4. The molecule has 6 heteroatoms. The Bertz CT molecular complexity index is 711. The van der Waals surface area contributed by atoms with Crippen LogP contribution in [0.3, 0.4) is 0 Å². The fraction of sp³-hybridized carbons (Fsp3) is 0.111. The monoisotopic (exact) mass is 201 g/mol. The molecular formula is C9H7N5O. The summed E-state index contributed by atoms with van der Waals surface area (Å²) in [5.74, 6) is 0. The standard InChI is InChI=1S/C9H7N5O/c1-5-3-14-8(12-5)7-6(9(15)13-14)2-10-4-11-7/h2-4H,1H3,(H,13,15). The van der Waals surface area contributed by atoms with Crippen LogP contribution >= 0.6 is 0 Å². The Kier molecular flexibility index (Phi) is 1.42. The fourth-order valence-corrected chi connectivity index (χ4v) is 1.59. The first kappa shape index (κ1) is 8.10. The molecule has 1 N–H and O–H groups in total. The first-order chi connectivity index (χ1) is 7.25. The van der Waals surface area contributed by atoms with Crippen LogP contribution in [-0.2, 0) is 0 Å². The summed E-state index contributed by atoms with van der Waals surface area (Å²) in [7, 11) is 0. The fourth-order valence-electron chi connectivity index (χ4n) is 1.59. The van der Waals surface area contributed by atoms with Crippen molar-refractivity contribution in [3.05, 3.63) is 34.8 Å². The van der Waals surface area contributed by atoms with Gasteiger partial charge in [0.05, 0.1) is 17.3 Å². The summed E-state index contributed by atoms with van der Waals surface area (Å²) in [6.45, 7) is 1.86. The Hall–Kier alpha value is -2.24. The van der Waals surface area contributed by atoms with Crippen molar-refractivity contribution in [2.24, 2.45) is 0 Å². The lowest BCUT2D eigenvalue weighted by Crippen LogP contribution is -2.12. The molecule has 0 unspecified atom stereocenters. The maximum Gasteiger partial charge on any atom is 0.274 e. The molecule has 0 radical (unpaired) electrons. The number of H-pyrrole nitrogens is 1. The van der Waals surface area contributed by atoms with E-state index in [2.05, 4.69) is 20.1 Å². The topological polar surface area (TPSA) is 75.9 Å². The number of hydrogen-bond donors (Lipinski definition) is 1. The van der Waals surface area contributed by atoms with Crippen molar-refractivity contribution in [1.82, 2.24) is 24.6 Å². The molecule has 0 aliphatic heterocycles. The lowest BCUT2D eigenvalue weighted by atomic mass is 10.3. The van der Waals surface area contributed by atoms with E-state index in [0.29, 0.717) is 16.6 Å². The van der Waals surface area contributed by atoms with Crippen molar-refractivity contribution >= 4 is 16.6 Å². The summed E-state index contributed by atoms with van der Waals surface area (Å²) in [4.78, 5) is 23.8. The molecule has 3 aromatic rings. The van der Waals surface area contributed by atoms with Gasteiger partial charge in [-0.25, -0.2) is 19.5 Å². The smallest absolute Gasteiger partial charge is 0.267 e. The molecule has 0 atom stereocenters.